The van der Waals surface area contributed by atoms with Crippen molar-refractivity contribution in [1.82, 2.24) is 9.55 Å². The highest BCUT2D eigenvalue weighted by molar-refractivity contribution is 5.78. The maximum absolute atomic E-state index is 6.10. The van der Waals surface area contributed by atoms with Crippen molar-refractivity contribution in [2.75, 3.05) is 18.5 Å². The van der Waals surface area contributed by atoms with Gasteiger partial charge in [-0.25, -0.2) is 4.98 Å². The van der Waals surface area contributed by atoms with Crippen LogP contribution in [-0.4, -0.2) is 29.2 Å². The number of nitrogens with zero attached hydrogens (tertiary/aromatic N) is 3. The Bertz CT molecular complexity index is 544. The Balaban J connectivity index is 2.13. The monoisotopic (exact) mass is 260 g/mol. The van der Waals surface area contributed by atoms with E-state index in [-0.39, 0.29) is 6.04 Å². The molecule has 19 heavy (non-hydrogen) atoms. The van der Waals surface area contributed by atoms with Gasteiger partial charge >= 0.3 is 0 Å². The molecule has 104 valence electrons. The highest BCUT2D eigenvalue weighted by atomic mass is 15.3. The van der Waals surface area contributed by atoms with Crippen molar-refractivity contribution in [3.8, 4) is 0 Å². The molecule has 0 saturated heterocycles. The Morgan fingerprint density at radius 2 is 2.00 bits per heavy atom. The van der Waals surface area contributed by atoms with Crippen molar-refractivity contribution < 1.29 is 0 Å². The van der Waals surface area contributed by atoms with Gasteiger partial charge in [-0.1, -0.05) is 26.0 Å². The summed E-state index contributed by atoms with van der Waals surface area (Å²) < 4.78 is 2.14. The first kappa shape index (κ1) is 13.9. The van der Waals surface area contributed by atoms with E-state index in [4.69, 9.17) is 5.73 Å². The lowest BCUT2D eigenvalue weighted by Crippen LogP contribution is -2.32. The van der Waals surface area contributed by atoms with Crippen molar-refractivity contribution in [3.05, 3.63) is 24.3 Å². The van der Waals surface area contributed by atoms with Crippen LogP contribution in [0.5, 0.6) is 0 Å². The van der Waals surface area contributed by atoms with Gasteiger partial charge in [-0.2, -0.15) is 0 Å². The van der Waals surface area contributed by atoms with Crippen LogP contribution in [0.15, 0.2) is 24.3 Å². The average molecular weight is 260 g/mol. The number of nitrogens with two attached hydrogens (primary N) is 1. The van der Waals surface area contributed by atoms with E-state index in [2.05, 4.69) is 48.5 Å². The number of hydrogen-bond donors (Lipinski definition) is 1. The predicted molar refractivity (Wildman–Crippen MR) is 81.4 cm³/mol. The number of rotatable bonds is 5. The van der Waals surface area contributed by atoms with Crippen LogP contribution in [0.1, 0.15) is 20.3 Å². The smallest absolute Gasteiger partial charge is 0.206 e. The SMILES string of the molecule is CC(C)C(N)CCN(C)c1nc2ccccc2n1C. The molecule has 0 aliphatic rings. The van der Waals surface area contributed by atoms with E-state index in [9.17, 15) is 0 Å². The summed E-state index contributed by atoms with van der Waals surface area (Å²) in [6, 6.07) is 8.46. The van der Waals surface area contributed by atoms with E-state index in [0.29, 0.717) is 5.92 Å². The maximum atomic E-state index is 6.10. The van der Waals surface area contributed by atoms with Crippen molar-refractivity contribution in [2.45, 2.75) is 26.3 Å². The first-order valence-corrected chi connectivity index (χ1v) is 6.89. The largest absolute Gasteiger partial charge is 0.345 e. The van der Waals surface area contributed by atoms with Crippen LogP contribution < -0.4 is 10.6 Å². The molecule has 0 spiro atoms. The highest BCUT2D eigenvalue weighted by Crippen LogP contribution is 2.20. The number of anilines is 1. The van der Waals surface area contributed by atoms with Crippen LogP contribution >= 0.6 is 0 Å². The molecule has 0 amide bonds. The molecule has 1 unspecified atom stereocenters. The Morgan fingerprint density at radius 3 is 2.63 bits per heavy atom. The van der Waals surface area contributed by atoms with Crippen LogP contribution in [0.2, 0.25) is 0 Å². The minimum Gasteiger partial charge on any atom is -0.345 e. The quantitative estimate of drug-likeness (QED) is 0.898. The molecule has 0 aliphatic carbocycles. The fourth-order valence-corrected chi connectivity index (χ4v) is 2.25. The van der Waals surface area contributed by atoms with Crippen LogP contribution in [-0.2, 0) is 7.05 Å². The molecule has 0 aliphatic heterocycles. The van der Waals surface area contributed by atoms with E-state index in [1.807, 2.05) is 18.2 Å². The molecule has 1 atom stereocenters. The summed E-state index contributed by atoms with van der Waals surface area (Å²) in [5, 5.41) is 0. The number of hydrogen-bond acceptors (Lipinski definition) is 3. The predicted octanol–water partition coefficient (Wildman–Crippen LogP) is 2.38. The van der Waals surface area contributed by atoms with E-state index in [0.717, 1.165) is 29.9 Å². The summed E-state index contributed by atoms with van der Waals surface area (Å²) in [5.41, 5.74) is 8.31. The van der Waals surface area contributed by atoms with Gasteiger partial charge < -0.3 is 15.2 Å². The molecule has 2 rings (SSSR count). The second-order valence-electron chi connectivity index (χ2n) is 5.58. The zero-order valence-corrected chi connectivity index (χ0v) is 12.3. The van der Waals surface area contributed by atoms with Crippen molar-refractivity contribution in [2.24, 2.45) is 18.7 Å². The Labute approximate surface area is 115 Å². The van der Waals surface area contributed by atoms with Gasteiger partial charge in [0.1, 0.15) is 0 Å². The summed E-state index contributed by atoms with van der Waals surface area (Å²) in [4.78, 5) is 6.87. The molecule has 0 fully saturated rings. The van der Waals surface area contributed by atoms with Gasteiger partial charge in [-0.05, 0) is 24.5 Å². The molecular weight excluding hydrogens is 236 g/mol. The van der Waals surface area contributed by atoms with E-state index < -0.39 is 0 Å². The number of aryl methyl sites for hydroxylation is 1. The molecular formula is C15H24N4. The average Bonchev–Trinajstić information content (AvgIpc) is 2.73. The van der Waals surface area contributed by atoms with E-state index in [1.165, 1.54) is 0 Å². The maximum Gasteiger partial charge on any atom is 0.206 e. The lowest BCUT2D eigenvalue weighted by molar-refractivity contribution is 0.465. The number of para-hydroxylation sites is 2. The number of imidazole rings is 1. The van der Waals surface area contributed by atoms with Crippen LogP contribution in [0.25, 0.3) is 11.0 Å². The summed E-state index contributed by atoms with van der Waals surface area (Å²) in [6.45, 7) is 5.26. The van der Waals surface area contributed by atoms with E-state index >= 15 is 0 Å². The zero-order chi connectivity index (χ0) is 14.0. The molecule has 0 saturated carbocycles. The number of benzene rings is 1. The zero-order valence-electron chi connectivity index (χ0n) is 12.3. The summed E-state index contributed by atoms with van der Waals surface area (Å²) in [5.74, 6) is 1.52. The molecule has 1 aromatic heterocycles. The minimum absolute atomic E-state index is 0.247. The third-order valence-electron chi connectivity index (χ3n) is 3.76. The van der Waals surface area contributed by atoms with Gasteiger partial charge in [0.15, 0.2) is 0 Å². The van der Waals surface area contributed by atoms with Crippen LogP contribution in [0.4, 0.5) is 5.95 Å². The summed E-state index contributed by atoms with van der Waals surface area (Å²) in [6.07, 6.45) is 0.984. The first-order chi connectivity index (χ1) is 9.00. The van der Waals surface area contributed by atoms with Gasteiger partial charge in [-0.3, -0.25) is 0 Å². The second-order valence-corrected chi connectivity index (χ2v) is 5.58. The normalized spacial score (nSPS) is 13.2. The molecule has 1 heterocycles. The van der Waals surface area contributed by atoms with E-state index in [1.54, 1.807) is 0 Å². The van der Waals surface area contributed by atoms with Gasteiger partial charge in [0.05, 0.1) is 11.0 Å². The Hall–Kier alpha value is -1.55. The summed E-state index contributed by atoms with van der Waals surface area (Å²) in [7, 11) is 4.14. The fraction of sp³-hybridized carbons (Fsp3) is 0.533. The molecule has 2 N–H and O–H groups in total. The Morgan fingerprint density at radius 1 is 1.32 bits per heavy atom. The molecule has 4 nitrogen and oxygen atoms in total. The fourth-order valence-electron chi connectivity index (χ4n) is 2.25. The third-order valence-corrected chi connectivity index (χ3v) is 3.76. The van der Waals surface area contributed by atoms with Crippen molar-refractivity contribution >= 4 is 17.0 Å². The lowest BCUT2D eigenvalue weighted by atomic mass is 10.0. The minimum atomic E-state index is 0.247. The number of fused-ring (bicyclic) bond motifs is 1. The van der Waals surface area contributed by atoms with Gasteiger partial charge in [0.2, 0.25) is 5.95 Å². The van der Waals surface area contributed by atoms with Crippen LogP contribution in [0, 0.1) is 5.92 Å². The van der Waals surface area contributed by atoms with Crippen LogP contribution in [0.3, 0.4) is 0 Å². The molecule has 2 aromatic rings. The van der Waals surface area contributed by atoms with Crippen molar-refractivity contribution in [1.29, 1.82) is 0 Å². The topological polar surface area (TPSA) is 47.1 Å². The Kier molecular flexibility index (Phi) is 4.10. The molecule has 0 bridgehead atoms. The first-order valence-electron chi connectivity index (χ1n) is 6.89. The lowest BCUT2D eigenvalue weighted by Gasteiger charge is -2.22. The molecule has 4 heteroatoms. The highest BCUT2D eigenvalue weighted by Gasteiger charge is 2.13. The standard InChI is InChI=1S/C15H24N4/c1-11(2)12(16)9-10-18(3)15-17-13-7-5-6-8-14(13)19(15)4/h5-8,11-12H,9-10,16H2,1-4H3. The van der Waals surface area contributed by atoms with Crippen molar-refractivity contribution in [3.63, 3.8) is 0 Å². The molecule has 0 radical (unpaired) electrons. The van der Waals surface area contributed by atoms with Gasteiger partial charge in [0.25, 0.3) is 0 Å². The second kappa shape index (κ2) is 5.61. The van der Waals surface area contributed by atoms with Gasteiger partial charge in [0, 0.05) is 26.7 Å². The number of aromatic nitrogens is 2. The summed E-state index contributed by atoms with van der Waals surface area (Å²) >= 11 is 0. The van der Waals surface area contributed by atoms with Gasteiger partial charge in [-0.15, -0.1) is 0 Å². The third kappa shape index (κ3) is 2.89. The molecule has 1 aromatic carbocycles.